The molecule has 0 spiro atoms. The first-order chi connectivity index (χ1) is 7.67. The van der Waals surface area contributed by atoms with Crippen LogP contribution in [-0.2, 0) is 4.74 Å². The number of benzene rings is 1. The zero-order chi connectivity index (χ0) is 12.0. The van der Waals surface area contributed by atoms with Gasteiger partial charge in [-0.1, -0.05) is 12.1 Å². The summed E-state index contributed by atoms with van der Waals surface area (Å²) in [6.07, 6.45) is -0.526. The SMILES string of the molecule is CCOC(=O)NC(CN)c1ccc(F)cc1. The Kier molecular flexibility index (Phi) is 4.72. The van der Waals surface area contributed by atoms with E-state index in [1.54, 1.807) is 19.1 Å². The summed E-state index contributed by atoms with van der Waals surface area (Å²) in [7, 11) is 0. The summed E-state index contributed by atoms with van der Waals surface area (Å²) in [5.74, 6) is -0.323. The van der Waals surface area contributed by atoms with Crippen molar-refractivity contribution in [1.82, 2.24) is 5.32 Å². The lowest BCUT2D eigenvalue weighted by Gasteiger charge is -2.16. The third-order valence-electron chi connectivity index (χ3n) is 2.08. The Hall–Kier alpha value is -1.62. The largest absolute Gasteiger partial charge is 0.450 e. The highest BCUT2D eigenvalue weighted by molar-refractivity contribution is 5.67. The van der Waals surface area contributed by atoms with Gasteiger partial charge in [-0.05, 0) is 24.6 Å². The van der Waals surface area contributed by atoms with Crippen LogP contribution in [0.25, 0.3) is 0 Å². The molecule has 0 aromatic heterocycles. The number of ether oxygens (including phenoxy) is 1. The van der Waals surface area contributed by atoms with Gasteiger partial charge < -0.3 is 15.8 Å². The van der Waals surface area contributed by atoms with Crippen molar-refractivity contribution in [3.63, 3.8) is 0 Å². The van der Waals surface area contributed by atoms with Gasteiger partial charge in [-0.2, -0.15) is 0 Å². The Bertz CT molecular complexity index is 340. The van der Waals surface area contributed by atoms with E-state index in [1.165, 1.54) is 12.1 Å². The lowest BCUT2D eigenvalue weighted by atomic mass is 10.1. The second kappa shape index (κ2) is 6.07. The fourth-order valence-electron chi connectivity index (χ4n) is 1.29. The maximum Gasteiger partial charge on any atom is 0.407 e. The molecule has 3 N–H and O–H groups in total. The molecule has 1 unspecified atom stereocenters. The highest BCUT2D eigenvalue weighted by Crippen LogP contribution is 2.12. The summed E-state index contributed by atoms with van der Waals surface area (Å²) >= 11 is 0. The molecule has 0 saturated carbocycles. The first kappa shape index (κ1) is 12.4. The van der Waals surface area contributed by atoms with Crippen molar-refractivity contribution in [3.05, 3.63) is 35.6 Å². The van der Waals surface area contributed by atoms with Crippen molar-refractivity contribution < 1.29 is 13.9 Å². The van der Waals surface area contributed by atoms with E-state index in [-0.39, 0.29) is 18.4 Å². The van der Waals surface area contributed by atoms with E-state index in [2.05, 4.69) is 5.32 Å². The maximum atomic E-state index is 12.7. The van der Waals surface area contributed by atoms with Crippen molar-refractivity contribution >= 4 is 6.09 Å². The zero-order valence-corrected chi connectivity index (χ0v) is 9.07. The predicted molar refractivity (Wildman–Crippen MR) is 58.4 cm³/mol. The monoisotopic (exact) mass is 226 g/mol. The highest BCUT2D eigenvalue weighted by atomic mass is 19.1. The minimum absolute atomic E-state index is 0.227. The van der Waals surface area contributed by atoms with Gasteiger partial charge in [-0.3, -0.25) is 0 Å². The molecule has 0 heterocycles. The standard InChI is InChI=1S/C11H15FN2O2/c1-2-16-11(15)14-10(7-13)8-3-5-9(12)6-4-8/h3-6,10H,2,7,13H2,1H3,(H,14,15). The fourth-order valence-corrected chi connectivity index (χ4v) is 1.29. The van der Waals surface area contributed by atoms with Crippen molar-refractivity contribution in [2.24, 2.45) is 5.73 Å². The molecular weight excluding hydrogens is 211 g/mol. The molecule has 16 heavy (non-hydrogen) atoms. The Morgan fingerprint density at radius 2 is 2.12 bits per heavy atom. The molecule has 4 nitrogen and oxygen atoms in total. The number of amides is 1. The molecule has 0 saturated heterocycles. The summed E-state index contributed by atoms with van der Waals surface area (Å²) in [5, 5.41) is 2.59. The summed E-state index contributed by atoms with van der Waals surface area (Å²) in [6, 6.07) is 5.45. The van der Waals surface area contributed by atoms with Gasteiger partial charge in [0.05, 0.1) is 12.6 Å². The first-order valence-corrected chi connectivity index (χ1v) is 5.06. The van der Waals surface area contributed by atoms with Crippen LogP contribution in [0.4, 0.5) is 9.18 Å². The van der Waals surface area contributed by atoms with Crippen LogP contribution in [0.5, 0.6) is 0 Å². The Morgan fingerprint density at radius 1 is 1.50 bits per heavy atom. The molecule has 1 aromatic rings. The third-order valence-corrected chi connectivity index (χ3v) is 2.08. The summed E-state index contributed by atoms with van der Waals surface area (Å²) < 4.78 is 17.4. The Balaban J connectivity index is 2.67. The molecule has 0 fully saturated rings. The van der Waals surface area contributed by atoms with E-state index in [0.29, 0.717) is 6.61 Å². The summed E-state index contributed by atoms with van der Waals surface area (Å²) in [5.41, 5.74) is 6.27. The molecule has 5 heteroatoms. The smallest absolute Gasteiger partial charge is 0.407 e. The van der Waals surface area contributed by atoms with Crippen LogP contribution in [0.2, 0.25) is 0 Å². The second-order valence-electron chi connectivity index (χ2n) is 3.20. The number of alkyl carbamates (subject to hydrolysis) is 1. The molecule has 0 bridgehead atoms. The third kappa shape index (κ3) is 3.51. The molecule has 1 aromatic carbocycles. The molecule has 1 amide bonds. The fraction of sp³-hybridized carbons (Fsp3) is 0.364. The molecule has 0 aliphatic rings. The van der Waals surface area contributed by atoms with Gasteiger partial charge in [-0.25, -0.2) is 9.18 Å². The predicted octanol–water partition coefficient (Wildman–Crippen LogP) is 1.57. The molecule has 88 valence electrons. The lowest BCUT2D eigenvalue weighted by Crippen LogP contribution is -2.33. The molecule has 1 rings (SSSR count). The number of hydrogen-bond donors (Lipinski definition) is 2. The zero-order valence-electron chi connectivity index (χ0n) is 9.07. The van der Waals surface area contributed by atoms with E-state index in [9.17, 15) is 9.18 Å². The number of nitrogens with one attached hydrogen (secondary N) is 1. The average Bonchev–Trinajstić information content (AvgIpc) is 2.27. The molecule has 0 radical (unpaired) electrons. The van der Waals surface area contributed by atoms with Gasteiger partial charge in [-0.15, -0.1) is 0 Å². The molecule has 0 aliphatic carbocycles. The van der Waals surface area contributed by atoms with Crippen molar-refractivity contribution in [1.29, 1.82) is 0 Å². The van der Waals surface area contributed by atoms with Gasteiger partial charge in [0, 0.05) is 6.54 Å². The van der Waals surface area contributed by atoms with Crippen LogP contribution >= 0.6 is 0 Å². The van der Waals surface area contributed by atoms with E-state index >= 15 is 0 Å². The minimum atomic E-state index is -0.526. The first-order valence-electron chi connectivity index (χ1n) is 5.06. The van der Waals surface area contributed by atoms with E-state index in [4.69, 9.17) is 10.5 Å². The lowest BCUT2D eigenvalue weighted by molar-refractivity contribution is 0.148. The van der Waals surface area contributed by atoms with Crippen LogP contribution in [0.1, 0.15) is 18.5 Å². The average molecular weight is 226 g/mol. The normalized spacial score (nSPS) is 11.9. The van der Waals surface area contributed by atoms with Crippen molar-refractivity contribution in [3.8, 4) is 0 Å². The minimum Gasteiger partial charge on any atom is -0.450 e. The second-order valence-corrected chi connectivity index (χ2v) is 3.20. The number of halogens is 1. The maximum absolute atomic E-state index is 12.7. The number of carbonyl (C=O) groups is 1. The number of rotatable bonds is 4. The summed E-state index contributed by atoms with van der Waals surface area (Å²) in [4.78, 5) is 11.2. The number of nitrogens with two attached hydrogens (primary N) is 1. The Labute approximate surface area is 93.6 Å². The summed E-state index contributed by atoms with van der Waals surface area (Å²) in [6.45, 7) is 2.24. The molecular formula is C11H15FN2O2. The van der Waals surface area contributed by atoms with Crippen LogP contribution in [-0.4, -0.2) is 19.2 Å². The molecule has 0 aliphatic heterocycles. The van der Waals surface area contributed by atoms with Gasteiger partial charge in [0.25, 0.3) is 0 Å². The van der Waals surface area contributed by atoms with Gasteiger partial charge in [0.15, 0.2) is 0 Å². The number of carbonyl (C=O) groups excluding carboxylic acids is 1. The topological polar surface area (TPSA) is 64.3 Å². The van der Waals surface area contributed by atoms with E-state index < -0.39 is 6.09 Å². The van der Waals surface area contributed by atoms with Gasteiger partial charge in [0.1, 0.15) is 5.82 Å². The van der Waals surface area contributed by atoms with Crippen LogP contribution < -0.4 is 11.1 Å². The van der Waals surface area contributed by atoms with E-state index in [1.807, 2.05) is 0 Å². The van der Waals surface area contributed by atoms with Gasteiger partial charge >= 0.3 is 6.09 Å². The van der Waals surface area contributed by atoms with Crippen LogP contribution in [0.3, 0.4) is 0 Å². The van der Waals surface area contributed by atoms with Gasteiger partial charge in [0.2, 0.25) is 0 Å². The highest BCUT2D eigenvalue weighted by Gasteiger charge is 2.13. The number of hydrogen-bond acceptors (Lipinski definition) is 3. The quantitative estimate of drug-likeness (QED) is 0.819. The molecule has 1 atom stereocenters. The van der Waals surface area contributed by atoms with Crippen LogP contribution in [0, 0.1) is 5.82 Å². The van der Waals surface area contributed by atoms with E-state index in [0.717, 1.165) is 5.56 Å². The van der Waals surface area contributed by atoms with Crippen LogP contribution in [0.15, 0.2) is 24.3 Å². The Morgan fingerprint density at radius 3 is 2.62 bits per heavy atom. The van der Waals surface area contributed by atoms with Crippen molar-refractivity contribution in [2.75, 3.05) is 13.2 Å². The van der Waals surface area contributed by atoms with Crippen molar-refractivity contribution in [2.45, 2.75) is 13.0 Å².